The number of amides is 1. The first kappa shape index (κ1) is 14.3. The lowest BCUT2D eigenvalue weighted by molar-refractivity contribution is 0.102. The number of carbonyl (C=O) groups excluding carboxylic acids is 1. The van der Waals surface area contributed by atoms with Gasteiger partial charge in [-0.25, -0.2) is 9.97 Å². The number of hydrogen-bond acceptors (Lipinski definition) is 4. The summed E-state index contributed by atoms with van der Waals surface area (Å²) in [6, 6.07) is 6.49. The molecule has 0 saturated carbocycles. The zero-order valence-electron chi connectivity index (χ0n) is 10.3. The van der Waals surface area contributed by atoms with Crippen molar-refractivity contribution in [2.24, 2.45) is 0 Å². The van der Waals surface area contributed by atoms with E-state index in [1.54, 1.807) is 13.0 Å². The minimum absolute atomic E-state index is 0.108. The third-order valence-electron chi connectivity index (χ3n) is 2.50. The minimum Gasteiger partial charge on any atom is -0.318 e. The molecule has 2 aromatic rings. The molecule has 2 aromatic heterocycles. The number of aromatic nitrogens is 2. The number of nitriles is 1. The molecule has 0 spiro atoms. The second-order valence-electron chi connectivity index (χ2n) is 3.93. The molecule has 0 aliphatic heterocycles. The van der Waals surface area contributed by atoms with Crippen molar-refractivity contribution in [3.63, 3.8) is 0 Å². The van der Waals surface area contributed by atoms with Crippen LogP contribution in [0.25, 0.3) is 0 Å². The number of nitrogens with zero attached hydrogens (tertiary/aromatic N) is 3. The van der Waals surface area contributed by atoms with Crippen LogP contribution in [0.1, 0.15) is 21.6 Å². The minimum atomic E-state index is -0.441. The lowest BCUT2D eigenvalue weighted by atomic mass is 10.2. The van der Waals surface area contributed by atoms with E-state index in [2.05, 4.69) is 15.3 Å². The van der Waals surface area contributed by atoms with E-state index in [1.165, 1.54) is 18.3 Å². The third kappa shape index (κ3) is 3.05. The molecule has 2 rings (SSSR count). The first-order chi connectivity index (χ1) is 9.51. The van der Waals surface area contributed by atoms with Crippen LogP contribution in [0, 0.1) is 18.3 Å². The van der Waals surface area contributed by atoms with E-state index in [0.29, 0.717) is 16.8 Å². The molecule has 0 atom stereocenters. The monoisotopic (exact) mass is 306 g/mol. The van der Waals surface area contributed by atoms with E-state index in [-0.39, 0.29) is 16.0 Å². The highest BCUT2D eigenvalue weighted by Gasteiger charge is 2.13. The second kappa shape index (κ2) is 5.87. The molecule has 20 heavy (non-hydrogen) atoms. The van der Waals surface area contributed by atoms with E-state index in [4.69, 9.17) is 28.5 Å². The molecule has 1 N–H and O–H groups in total. The van der Waals surface area contributed by atoms with Crippen LogP contribution >= 0.6 is 23.2 Å². The van der Waals surface area contributed by atoms with Crippen LogP contribution in [-0.4, -0.2) is 15.9 Å². The second-order valence-corrected chi connectivity index (χ2v) is 4.67. The lowest BCUT2D eigenvalue weighted by Gasteiger charge is -2.09. The van der Waals surface area contributed by atoms with Gasteiger partial charge in [-0.15, -0.1) is 0 Å². The van der Waals surface area contributed by atoms with Crippen LogP contribution in [0.3, 0.4) is 0 Å². The third-order valence-corrected chi connectivity index (χ3v) is 2.97. The maximum absolute atomic E-state index is 12.0. The maximum Gasteiger partial charge on any atom is 0.274 e. The van der Waals surface area contributed by atoms with Crippen LogP contribution in [0.4, 0.5) is 5.69 Å². The first-order valence-corrected chi connectivity index (χ1v) is 6.27. The van der Waals surface area contributed by atoms with E-state index >= 15 is 0 Å². The van der Waals surface area contributed by atoms with Crippen molar-refractivity contribution in [2.75, 3.05) is 5.32 Å². The van der Waals surface area contributed by atoms with Gasteiger partial charge in [0.2, 0.25) is 0 Å². The molecule has 0 saturated heterocycles. The standard InChI is InChI=1S/C13H8Cl2N4O/c1-7-4-10(14)18-12(15)11(7)19-13(20)9-3-2-8(5-16)6-17-9/h2-4,6H,1H3,(H,19,20). The Morgan fingerprint density at radius 3 is 2.70 bits per heavy atom. The Labute approximate surface area is 125 Å². The highest BCUT2D eigenvalue weighted by atomic mass is 35.5. The van der Waals surface area contributed by atoms with Crippen molar-refractivity contribution in [3.05, 3.63) is 51.5 Å². The van der Waals surface area contributed by atoms with Crippen molar-refractivity contribution in [1.82, 2.24) is 9.97 Å². The fourth-order valence-corrected chi connectivity index (χ4v) is 2.10. The first-order valence-electron chi connectivity index (χ1n) is 5.51. The van der Waals surface area contributed by atoms with Crippen LogP contribution in [-0.2, 0) is 0 Å². The molecule has 100 valence electrons. The van der Waals surface area contributed by atoms with E-state index in [0.717, 1.165) is 0 Å². The molecular weight excluding hydrogens is 299 g/mol. The number of aryl methyl sites for hydroxylation is 1. The molecule has 0 bridgehead atoms. The summed E-state index contributed by atoms with van der Waals surface area (Å²) >= 11 is 11.7. The Balaban J connectivity index is 2.26. The topological polar surface area (TPSA) is 78.7 Å². The number of anilines is 1. The molecule has 0 fully saturated rings. The Bertz CT molecular complexity index is 684. The average Bonchev–Trinajstić information content (AvgIpc) is 2.42. The molecular formula is C13H8Cl2N4O. The van der Waals surface area contributed by atoms with Crippen LogP contribution < -0.4 is 5.32 Å². The Morgan fingerprint density at radius 1 is 1.40 bits per heavy atom. The van der Waals surface area contributed by atoms with Crippen LogP contribution in [0.2, 0.25) is 10.3 Å². The summed E-state index contributed by atoms with van der Waals surface area (Å²) in [4.78, 5) is 19.8. The van der Waals surface area contributed by atoms with Gasteiger partial charge in [-0.1, -0.05) is 23.2 Å². The zero-order chi connectivity index (χ0) is 14.7. The number of rotatable bonds is 2. The molecule has 7 heteroatoms. The van der Waals surface area contributed by atoms with Gasteiger partial charge < -0.3 is 5.32 Å². The van der Waals surface area contributed by atoms with Gasteiger partial charge in [-0.2, -0.15) is 5.26 Å². The van der Waals surface area contributed by atoms with Gasteiger partial charge in [0.1, 0.15) is 16.9 Å². The van der Waals surface area contributed by atoms with Gasteiger partial charge >= 0.3 is 0 Å². The van der Waals surface area contributed by atoms with Gasteiger partial charge in [-0.3, -0.25) is 4.79 Å². The fourth-order valence-electron chi connectivity index (χ4n) is 1.52. The summed E-state index contributed by atoms with van der Waals surface area (Å²) in [7, 11) is 0. The van der Waals surface area contributed by atoms with Gasteiger partial charge in [0.05, 0.1) is 11.3 Å². The van der Waals surface area contributed by atoms with E-state index < -0.39 is 5.91 Å². The van der Waals surface area contributed by atoms with Gasteiger partial charge in [0.15, 0.2) is 5.15 Å². The number of halogens is 2. The van der Waals surface area contributed by atoms with E-state index in [9.17, 15) is 4.79 Å². The molecule has 2 heterocycles. The van der Waals surface area contributed by atoms with Crippen molar-refractivity contribution >= 4 is 34.8 Å². The van der Waals surface area contributed by atoms with Gasteiger partial charge in [0, 0.05) is 6.20 Å². The number of nitrogens with one attached hydrogen (secondary N) is 1. The summed E-state index contributed by atoms with van der Waals surface area (Å²) in [5, 5.41) is 11.7. The lowest BCUT2D eigenvalue weighted by Crippen LogP contribution is -2.15. The van der Waals surface area contributed by atoms with Crippen molar-refractivity contribution < 1.29 is 4.79 Å². The highest BCUT2D eigenvalue weighted by Crippen LogP contribution is 2.26. The summed E-state index contributed by atoms with van der Waals surface area (Å²) in [6.07, 6.45) is 1.32. The highest BCUT2D eigenvalue weighted by molar-refractivity contribution is 6.35. The largest absolute Gasteiger partial charge is 0.318 e. The number of hydrogen-bond donors (Lipinski definition) is 1. The molecule has 0 aromatic carbocycles. The molecule has 1 amide bonds. The predicted molar refractivity (Wildman–Crippen MR) is 75.9 cm³/mol. The normalized spacial score (nSPS) is 9.90. The molecule has 0 aliphatic rings. The molecule has 0 aliphatic carbocycles. The predicted octanol–water partition coefficient (Wildman–Crippen LogP) is 3.22. The summed E-state index contributed by atoms with van der Waals surface area (Å²) < 4.78 is 0. The summed E-state index contributed by atoms with van der Waals surface area (Å²) in [5.41, 5.74) is 1.63. The smallest absolute Gasteiger partial charge is 0.274 e. The quantitative estimate of drug-likeness (QED) is 0.864. The van der Waals surface area contributed by atoms with E-state index in [1.807, 2.05) is 6.07 Å². The van der Waals surface area contributed by atoms with Crippen molar-refractivity contribution in [1.29, 1.82) is 5.26 Å². The summed E-state index contributed by atoms with van der Waals surface area (Å²) in [6.45, 7) is 1.75. The number of pyridine rings is 2. The van der Waals surface area contributed by atoms with Gasteiger partial charge in [-0.05, 0) is 30.7 Å². The fraction of sp³-hybridized carbons (Fsp3) is 0.0769. The molecule has 5 nitrogen and oxygen atoms in total. The van der Waals surface area contributed by atoms with Crippen LogP contribution in [0.15, 0.2) is 24.4 Å². The number of carbonyl (C=O) groups is 1. The Morgan fingerprint density at radius 2 is 2.15 bits per heavy atom. The van der Waals surface area contributed by atoms with Crippen molar-refractivity contribution in [3.8, 4) is 6.07 Å². The van der Waals surface area contributed by atoms with Crippen molar-refractivity contribution in [2.45, 2.75) is 6.92 Å². The Hall–Kier alpha value is -2.16. The van der Waals surface area contributed by atoms with Crippen LogP contribution in [0.5, 0.6) is 0 Å². The zero-order valence-corrected chi connectivity index (χ0v) is 11.8. The maximum atomic E-state index is 12.0. The van der Waals surface area contributed by atoms with Gasteiger partial charge in [0.25, 0.3) is 5.91 Å². The molecule has 0 unspecified atom stereocenters. The SMILES string of the molecule is Cc1cc(Cl)nc(Cl)c1NC(=O)c1ccc(C#N)cn1. The Kier molecular flexibility index (Phi) is 4.18. The summed E-state index contributed by atoms with van der Waals surface area (Å²) in [5.74, 6) is -0.441. The molecule has 0 radical (unpaired) electrons. The average molecular weight is 307 g/mol.